The van der Waals surface area contributed by atoms with Crippen molar-refractivity contribution in [1.29, 1.82) is 0 Å². The summed E-state index contributed by atoms with van der Waals surface area (Å²) in [4.78, 5) is 12.6. The number of hydrogen-bond acceptors (Lipinski definition) is 3. The minimum absolute atomic E-state index is 0.158. The molecule has 0 radical (unpaired) electrons. The molecule has 0 aromatic heterocycles. The largest absolute Gasteiger partial charge is 0.371 e. The van der Waals surface area contributed by atoms with Gasteiger partial charge in [-0.3, -0.25) is 10.1 Å². The number of benzene rings is 1. The van der Waals surface area contributed by atoms with Crippen LogP contribution < -0.4 is 4.90 Å². The van der Waals surface area contributed by atoms with Gasteiger partial charge in [-0.1, -0.05) is 15.9 Å². The molecular weight excluding hydrogens is 284 g/mol. The first kappa shape index (κ1) is 12.4. The summed E-state index contributed by atoms with van der Waals surface area (Å²) in [6, 6.07) is 5.68. The molecule has 5 heteroatoms. The molecule has 0 amide bonds. The van der Waals surface area contributed by atoms with Crippen LogP contribution in [0.25, 0.3) is 0 Å². The van der Waals surface area contributed by atoms with Gasteiger partial charge in [0, 0.05) is 36.2 Å². The Hall–Kier alpha value is -1.10. The number of nitrogens with zero attached hydrogens (tertiary/aromatic N) is 2. The first-order chi connectivity index (χ1) is 8.13. The molecule has 2 rings (SSSR count). The highest BCUT2D eigenvalue weighted by Crippen LogP contribution is 2.33. The number of nitro benzene ring substituents is 1. The van der Waals surface area contributed by atoms with Crippen LogP contribution in [0.15, 0.2) is 18.2 Å². The van der Waals surface area contributed by atoms with E-state index < -0.39 is 0 Å². The van der Waals surface area contributed by atoms with Crippen LogP contribution in [-0.2, 0) is 5.33 Å². The number of nitro groups is 1. The van der Waals surface area contributed by atoms with Crippen molar-refractivity contribution in [2.45, 2.75) is 30.6 Å². The maximum atomic E-state index is 10.7. The van der Waals surface area contributed by atoms with Crippen molar-refractivity contribution in [3.05, 3.63) is 33.9 Å². The van der Waals surface area contributed by atoms with Gasteiger partial charge in [-0.05, 0) is 30.9 Å². The number of anilines is 1. The molecule has 0 saturated heterocycles. The van der Waals surface area contributed by atoms with E-state index in [1.807, 2.05) is 6.07 Å². The Labute approximate surface area is 109 Å². The number of rotatable bonds is 4. The van der Waals surface area contributed by atoms with E-state index in [0.717, 1.165) is 11.3 Å². The highest BCUT2D eigenvalue weighted by Gasteiger charge is 2.24. The average molecular weight is 299 g/mol. The van der Waals surface area contributed by atoms with E-state index in [2.05, 4.69) is 27.9 Å². The Kier molecular flexibility index (Phi) is 3.66. The number of alkyl halides is 1. The zero-order chi connectivity index (χ0) is 12.4. The summed E-state index contributed by atoms with van der Waals surface area (Å²) in [7, 11) is 2.07. The van der Waals surface area contributed by atoms with Gasteiger partial charge in [0.25, 0.3) is 5.69 Å². The fraction of sp³-hybridized carbons (Fsp3) is 0.500. The lowest BCUT2D eigenvalue weighted by atomic mass is 9.91. The monoisotopic (exact) mass is 298 g/mol. The van der Waals surface area contributed by atoms with Crippen LogP contribution in [0.3, 0.4) is 0 Å². The summed E-state index contributed by atoms with van der Waals surface area (Å²) in [6.07, 6.45) is 3.72. The predicted molar refractivity (Wildman–Crippen MR) is 71.8 cm³/mol. The number of non-ortho nitro benzene ring substituents is 1. The third-order valence-electron chi connectivity index (χ3n) is 3.42. The van der Waals surface area contributed by atoms with Crippen molar-refractivity contribution in [3.63, 3.8) is 0 Å². The smallest absolute Gasteiger partial charge is 0.269 e. The second kappa shape index (κ2) is 5.04. The summed E-state index contributed by atoms with van der Waals surface area (Å²) in [5.74, 6) is 0. The second-order valence-electron chi connectivity index (χ2n) is 4.40. The van der Waals surface area contributed by atoms with E-state index in [9.17, 15) is 10.1 Å². The maximum Gasteiger partial charge on any atom is 0.269 e. The Morgan fingerprint density at radius 3 is 2.71 bits per heavy atom. The van der Waals surface area contributed by atoms with Gasteiger partial charge in [-0.25, -0.2) is 0 Å². The van der Waals surface area contributed by atoms with Crippen LogP contribution in [0.5, 0.6) is 0 Å². The number of hydrogen-bond donors (Lipinski definition) is 0. The predicted octanol–water partition coefficient (Wildman–Crippen LogP) is 3.48. The summed E-state index contributed by atoms with van der Waals surface area (Å²) in [6.45, 7) is 0. The topological polar surface area (TPSA) is 46.4 Å². The van der Waals surface area contributed by atoms with Crippen LogP contribution >= 0.6 is 15.9 Å². The van der Waals surface area contributed by atoms with Crippen molar-refractivity contribution >= 4 is 27.3 Å². The van der Waals surface area contributed by atoms with Crippen LogP contribution in [0.1, 0.15) is 24.8 Å². The molecule has 17 heavy (non-hydrogen) atoms. The molecule has 0 unspecified atom stereocenters. The zero-order valence-electron chi connectivity index (χ0n) is 9.73. The van der Waals surface area contributed by atoms with Gasteiger partial charge >= 0.3 is 0 Å². The molecule has 0 spiro atoms. The van der Waals surface area contributed by atoms with Gasteiger partial charge in [0.05, 0.1) is 4.92 Å². The average Bonchev–Trinajstić information content (AvgIpc) is 2.25. The molecule has 4 nitrogen and oxygen atoms in total. The minimum atomic E-state index is -0.348. The van der Waals surface area contributed by atoms with Crippen LogP contribution in [0, 0.1) is 10.1 Å². The molecule has 1 aliphatic rings. The molecule has 1 aromatic carbocycles. The molecule has 92 valence electrons. The third-order valence-corrected chi connectivity index (χ3v) is 4.02. The molecule has 1 aliphatic carbocycles. The summed E-state index contributed by atoms with van der Waals surface area (Å²) in [5, 5.41) is 11.4. The first-order valence-corrected chi connectivity index (χ1v) is 6.81. The highest BCUT2D eigenvalue weighted by atomic mass is 79.9. The van der Waals surface area contributed by atoms with Crippen LogP contribution in [0.4, 0.5) is 11.4 Å². The number of halogens is 1. The molecule has 0 heterocycles. The van der Waals surface area contributed by atoms with Gasteiger partial charge in [0.15, 0.2) is 0 Å². The lowest BCUT2D eigenvalue weighted by Crippen LogP contribution is -2.37. The molecule has 1 saturated carbocycles. The second-order valence-corrected chi connectivity index (χ2v) is 4.96. The van der Waals surface area contributed by atoms with E-state index in [1.165, 1.54) is 19.3 Å². The fourth-order valence-corrected chi connectivity index (χ4v) is 2.56. The first-order valence-electron chi connectivity index (χ1n) is 5.69. The molecule has 0 aliphatic heterocycles. The van der Waals surface area contributed by atoms with Crippen molar-refractivity contribution in [3.8, 4) is 0 Å². The van der Waals surface area contributed by atoms with Gasteiger partial charge in [0.2, 0.25) is 0 Å². The quantitative estimate of drug-likeness (QED) is 0.486. The highest BCUT2D eigenvalue weighted by molar-refractivity contribution is 9.08. The Morgan fingerprint density at radius 2 is 2.24 bits per heavy atom. The van der Waals surface area contributed by atoms with Crippen molar-refractivity contribution in [2.24, 2.45) is 0 Å². The van der Waals surface area contributed by atoms with Crippen molar-refractivity contribution < 1.29 is 4.92 Å². The van der Waals surface area contributed by atoms with Gasteiger partial charge in [-0.15, -0.1) is 0 Å². The van der Waals surface area contributed by atoms with Gasteiger partial charge < -0.3 is 4.90 Å². The molecule has 1 aromatic rings. The van der Waals surface area contributed by atoms with Gasteiger partial charge in [-0.2, -0.15) is 0 Å². The molecule has 0 atom stereocenters. The molecule has 1 fully saturated rings. The van der Waals surface area contributed by atoms with E-state index in [1.54, 1.807) is 12.1 Å². The Bertz CT molecular complexity index is 433. The minimum Gasteiger partial charge on any atom is -0.371 e. The van der Waals surface area contributed by atoms with E-state index in [-0.39, 0.29) is 10.6 Å². The zero-order valence-corrected chi connectivity index (χ0v) is 11.3. The summed E-state index contributed by atoms with van der Waals surface area (Å²) < 4.78 is 0. The van der Waals surface area contributed by atoms with Crippen LogP contribution in [-0.4, -0.2) is 18.0 Å². The van der Waals surface area contributed by atoms with E-state index >= 15 is 0 Å². The summed E-state index contributed by atoms with van der Waals surface area (Å²) >= 11 is 3.40. The lowest BCUT2D eigenvalue weighted by molar-refractivity contribution is -0.384. The standard InChI is InChI=1S/C12H15BrN2O2/c1-14(10-3-2-4-10)12-6-5-11(15(16)17)7-9(12)8-13/h5-7,10H,2-4,8H2,1H3. The van der Waals surface area contributed by atoms with Crippen molar-refractivity contribution in [1.82, 2.24) is 0 Å². The summed E-state index contributed by atoms with van der Waals surface area (Å²) in [5.41, 5.74) is 2.23. The normalized spacial score (nSPS) is 15.4. The van der Waals surface area contributed by atoms with E-state index in [0.29, 0.717) is 11.4 Å². The lowest BCUT2D eigenvalue weighted by Gasteiger charge is -2.37. The van der Waals surface area contributed by atoms with Crippen molar-refractivity contribution in [2.75, 3.05) is 11.9 Å². The van der Waals surface area contributed by atoms with Crippen LogP contribution in [0.2, 0.25) is 0 Å². The Morgan fingerprint density at radius 1 is 1.53 bits per heavy atom. The SMILES string of the molecule is CN(c1ccc([N+](=O)[O-])cc1CBr)C1CCC1. The van der Waals surface area contributed by atoms with E-state index in [4.69, 9.17) is 0 Å². The fourth-order valence-electron chi connectivity index (χ4n) is 2.11. The Balaban J connectivity index is 2.29. The maximum absolute atomic E-state index is 10.7. The molecular formula is C12H15BrN2O2. The molecule has 0 N–H and O–H groups in total. The third kappa shape index (κ3) is 2.44. The molecule has 0 bridgehead atoms. The van der Waals surface area contributed by atoms with Gasteiger partial charge in [0.1, 0.15) is 0 Å².